The van der Waals surface area contributed by atoms with Crippen molar-refractivity contribution in [2.75, 3.05) is 20.3 Å². The largest absolute Gasteiger partial charge is 0.388 e. The van der Waals surface area contributed by atoms with Gasteiger partial charge >= 0.3 is 0 Å². The van der Waals surface area contributed by atoms with E-state index in [1.54, 1.807) is 0 Å². The Labute approximate surface area is 126 Å². The molecule has 1 atom stereocenters. The summed E-state index contributed by atoms with van der Waals surface area (Å²) < 4.78 is 4.92. The van der Waals surface area contributed by atoms with Gasteiger partial charge in [0.2, 0.25) is 5.91 Å². The Morgan fingerprint density at radius 3 is 2.71 bits per heavy atom. The average Bonchev–Trinajstić information content (AvgIpc) is 2.44. The van der Waals surface area contributed by atoms with Crippen LogP contribution >= 0.6 is 0 Å². The summed E-state index contributed by atoms with van der Waals surface area (Å²) >= 11 is 0. The minimum Gasteiger partial charge on any atom is -0.388 e. The van der Waals surface area contributed by atoms with E-state index in [1.807, 2.05) is 37.8 Å². The standard InChI is InChI=1S/C17H25NO3/c1-17(2,3)16(20)13-6-5-12-7-8-18(10-14(12)9-13)15(19)11-21-4/h5-6,9,16,20H,7-8,10-11H2,1-4H3. The van der Waals surface area contributed by atoms with Gasteiger partial charge in [-0.25, -0.2) is 0 Å². The molecule has 1 unspecified atom stereocenters. The molecule has 4 heteroatoms. The van der Waals surface area contributed by atoms with Crippen LogP contribution in [0, 0.1) is 5.41 Å². The van der Waals surface area contributed by atoms with Crippen LogP contribution in [0.4, 0.5) is 0 Å². The molecular weight excluding hydrogens is 266 g/mol. The number of ether oxygens (including phenoxy) is 1. The summed E-state index contributed by atoms with van der Waals surface area (Å²) in [5.74, 6) is 0.0184. The van der Waals surface area contributed by atoms with Crippen LogP contribution in [0.1, 0.15) is 43.6 Å². The lowest BCUT2D eigenvalue weighted by Gasteiger charge is -2.31. The first-order valence-electron chi connectivity index (χ1n) is 7.39. The third-order valence-electron chi connectivity index (χ3n) is 4.00. The SMILES string of the molecule is COCC(=O)N1CCc2ccc(C(O)C(C)(C)C)cc2C1. The van der Waals surface area contributed by atoms with Gasteiger partial charge in [-0.15, -0.1) is 0 Å². The number of methoxy groups -OCH3 is 1. The Bertz CT molecular complexity index is 519. The molecule has 2 rings (SSSR count). The predicted molar refractivity (Wildman–Crippen MR) is 81.9 cm³/mol. The Morgan fingerprint density at radius 2 is 2.10 bits per heavy atom. The molecule has 1 N–H and O–H groups in total. The van der Waals surface area contributed by atoms with Gasteiger partial charge in [-0.1, -0.05) is 39.0 Å². The molecule has 1 aromatic rings. The minimum atomic E-state index is -0.507. The number of benzene rings is 1. The molecule has 1 heterocycles. The van der Waals surface area contributed by atoms with E-state index in [1.165, 1.54) is 12.7 Å². The van der Waals surface area contributed by atoms with Crippen LogP contribution in [0.2, 0.25) is 0 Å². The van der Waals surface area contributed by atoms with Crippen molar-refractivity contribution in [1.29, 1.82) is 0 Å². The molecule has 1 aliphatic rings. The molecule has 21 heavy (non-hydrogen) atoms. The van der Waals surface area contributed by atoms with Crippen molar-refractivity contribution >= 4 is 5.91 Å². The van der Waals surface area contributed by atoms with Gasteiger partial charge in [-0.3, -0.25) is 4.79 Å². The average molecular weight is 291 g/mol. The quantitative estimate of drug-likeness (QED) is 0.929. The molecule has 4 nitrogen and oxygen atoms in total. The van der Waals surface area contributed by atoms with E-state index in [2.05, 4.69) is 6.07 Å². The second kappa shape index (κ2) is 6.16. The number of carbonyl (C=O) groups is 1. The van der Waals surface area contributed by atoms with Crippen molar-refractivity contribution in [1.82, 2.24) is 4.90 Å². The van der Waals surface area contributed by atoms with E-state index >= 15 is 0 Å². The lowest BCUT2D eigenvalue weighted by Crippen LogP contribution is -2.38. The Morgan fingerprint density at radius 1 is 1.38 bits per heavy atom. The molecule has 0 fully saturated rings. The van der Waals surface area contributed by atoms with Crippen LogP contribution in [0.3, 0.4) is 0 Å². The molecule has 1 aromatic carbocycles. The van der Waals surface area contributed by atoms with Gasteiger partial charge in [0, 0.05) is 20.2 Å². The Balaban J connectivity index is 2.20. The maximum Gasteiger partial charge on any atom is 0.248 e. The summed E-state index contributed by atoms with van der Waals surface area (Å²) in [6.45, 7) is 7.51. The van der Waals surface area contributed by atoms with Crippen molar-refractivity contribution in [2.45, 2.75) is 39.8 Å². The summed E-state index contributed by atoms with van der Waals surface area (Å²) in [6, 6.07) is 6.12. The highest BCUT2D eigenvalue weighted by Crippen LogP contribution is 2.34. The number of fused-ring (bicyclic) bond motifs is 1. The summed E-state index contributed by atoms with van der Waals surface area (Å²) in [5.41, 5.74) is 3.11. The Kier molecular flexibility index (Phi) is 4.69. The van der Waals surface area contributed by atoms with Crippen LogP contribution in [0.15, 0.2) is 18.2 Å². The number of carbonyl (C=O) groups excluding carboxylic acids is 1. The number of aliphatic hydroxyl groups is 1. The zero-order valence-corrected chi connectivity index (χ0v) is 13.3. The van der Waals surface area contributed by atoms with Crippen molar-refractivity contribution < 1.29 is 14.6 Å². The van der Waals surface area contributed by atoms with Gasteiger partial charge in [0.1, 0.15) is 6.61 Å². The molecule has 0 saturated heterocycles. The van der Waals surface area contributed by atoms with E-state index in [-0.39, 0.29) is 17.9 Å². The van der Waals surface area contributed by atoms with E-state index in [4.69, 9.17) is 4.74 Å². The van der Waals surface area contributed by atoms with Crippen LogP contribution in [0.25, 0.3) is 0 Å². The first kappa shape index (κ1) is 16.0. The number of nitrogens with zero attached hydrogens (tertiary/aromatic N) is 1. The fourth-order valence-corrected chi connectivity index (χ4v) is 2.67. The number of hydrogen-bond acceptors (Lipinski definition) is 3. The molecule has 0 radical (unpaired) electrons. The number of rotatable bonds is 3. The highest BCUT2D eigenvalue weighted by molar-refractivity contribution is 5.77. The molecule has 0 saturated carbocycles. The molecule has 1 aliphatic heterocycles. The second-order valence-electron chi connectivity index (χ2n) is 6.80. The normalized spacial score (nSPS) is 16.5. The van der Waals surface area contributed by atoms with Gasteiger partial charge < -0.3 is 14.7 Å². The molecule has 1 amide bonds. The van der Waals surface area contributed by atoms with Gasteiger partial charge in [0.05, 0.1) is 6.10 Å². The van der Waals surface area contributed by atoms with E-state index in [0.717, 1.165) is 24.1 Å². The zero-order chi connectivity index (χ0) is 15.6. The van der Waals surface area contributed by atoms with Crippen LogP contribution in [-0.2, 0) is 22.5 Å². The predicted octanol–water partition coefficient (Wildman–Crippen LogP) is 2.30. The minimum absolute atomic E-state index is 0.0184. The topological polar surface area (TPSA) is 49.8 Å². The number of amides is 1. The first-order valence-corrected chi connectivity index (χ1v) is 7.39. The molecule has 0 spiro atoms. The number of hydrogen-bond donors (Lipinski definition) is 1. The fraction of sp³-hybridized carbons (Fsp3) is 0.588. The summed E-state index contributed by atoms with van der Waals surface area (Å²) in [6.07, 6.45) is 0.351. The third-order valence-corrected chi connectivity index (χ3v) is 4.00. The van der Waals surface area contributed by atoms with E-state index < -0.39 is 6.10 Å². The molecular formula is C17H25NO3. The van der Waals surface area contributed by atoms with Gasteiger partial charge in [-0.05, 0) is 28.5 Å². The summed E-state index contributed by atoms with van der Waals surface area (Å²) in [7, 11) is 1.54. The summed E-state index contributed by atoms with van der Waals surface area (Å²) in [4.78, 5) is 13.8. The molecule has 0 aliphatic carbocycles. The van der Waals surface area contributed by atoms with Crippen LogP contribution < -0.4 is 0 Å². The smallest absolute Gasteiger partial charge is 0.248 e. The first-order chi connectivity index (χ1) is 9.82. The zero-order valence-electron chi connectivity index (χ0n) is 13.3. The molecule has 0 bridgehead atoms. The van der Waals surface area contributed by atoms with Crippen molar-refractivity contribution in [3.05, 3.63) is 34.9 Å². The maximum absolute atomic E-state index is 11.9. The second-order valence-corrected chi connectivity index (χ2v) is 6.80. The highest BCUT2D eigenvalue weighted by Gasteiger charge is 2.26. The van der Waals surface area contributed by atoms with Gasteiger partial charge in [-0.2, -0.15) is 0 Å². The number of aliphatic hydroxyl groups excluding tert-OH is 1. The maximum atomic E-state index is 11.9. The highest BCUT2D eigenvalue weighted by atomic mass is 16.5. The van der Waals surface area contributed by atoms with E-state index in [0.29, 0.717) is 6.54 Å². The van der Waals surface area contributed by atoms with Crippen molar-refractivity contribution in [2.24, 2.45) is 5.41 Å². The van der Waals surface area contributed by atoms with Crippen molar-refractivity contribution in [3.63, 3.8) is 0 Å². The molecule has 0 aromatic heterocycles. The monoisotopic (exact) mass is 291 g/mol. The van der Waals surface area contributed by atoms with Crippen LogP contribution in [0.5, 0.6) is 0 Å². The van der Waals surface area contributed by atoms with Gasteiger partial charge in [0.15, 0.2) is 0 Å². The fourth-order valence-electron chi connectivity index (χ4n) is 2.67. The van der Waals surface area contributed by atoms with Crippen LogP contribution in [-0.4, -0.2) is 36.2 Å². The lowest BCUT2D eigenvalue weighted by atomic mass is 9.83. The summed E-state index contributed by atoms with van der Waals surface area (Å²) in [5, 5.41) is 10.4. The third kappa shape index (κ3) is 3.63. The molecule has 116 valence electrons. The Hall–Kier alpha value is -1.39. The lowest BCUT2D eigenvalue weighted by molar-refractivity contribution is -0.136. The van der Waals surface area contributed by atoms with E-state index in [9.17, 15) is 9.90 Å². The van der Waals surface area contributed by atoms with Crippen molar-refractivity contribution in [3.8, 4) is 0 Å². The van der Waals surface area contributed by atoms with Gasteiger partial charge in [0.25, 0.3) is 0 Å².